The monoisotopic (exact) mass is 294 g/mol. The van der Waals surface area contributed by atoms with Crippen LogP contribution in [-0.4, -0.2) is 0 Å². The third-order valence-electron chi connectivity index (χ3n) is 3.19. The van der Waals surface area contributed by atoms with Crippen LogP contribution in [0.1, 0.15) is 36.1 Å². The number of alkyl halides is 3. The van der Waals surface area contributed by atoms with Gasteiger partial charge in [0.05, 0.1) is 5.56 Å². The SMILES string of the molecule is CCc1ccc(C)cc1.CCc1cccc(C(F)(F)F)c1. The summed E-state index contributed by atoms with van der Waals surface area (Å²) in [4.78, 5) is 0. The van der Waals surface area contributed by atoms with E-state index >= 15 is 0 Å². The smallest absolute Gasteiger partial charge is 0.166 e. The van der Waals surface area contributed by atoms with Crippen LogP contribution in [0.5, 0.6) is 0 Å². The summed E-state index contributed by atoms with van der Waals surface area (Å²) in [7, 11) is 0. The Bertz CT molecular complexity index is 539. The quantitative estimate of drug-likeness (QED) is 0.654. The maximum absolute atomic E-state index is 12.1. The van der Waals surface area contributed by atoms with Gasteiger partial charge in [0.1, 0.15) is 0 Å². The van der Waals surface area contributed by atoms with Gasteiger partial charge in [-0.1, -0.05) is 61.9 Å². The van der Waals surface area contributed by atoms with Crippen LogP contribution in [-0.2, 0) is 19.0 Å². The van der Waals surface area contributed by atoms with Crippen LogP contribution in [0.25, 0.3) is 0 Å². The molecule has 2 aromatic carbocycles. The van der Waals surface area contributed by atoms with E-state index in [4.69, 9.17) is 0 Å². The lowest BCUT2D eigenvalue weighted by Gasteiger charge is -2.06. The molecule has 0 nitrogen and oxygen atoms in total. The highest BCUT2D eigenvalue weighted by Crippen LogP contribution is 2.29. The van der Waals surface area contributed by atoms with E-state index in [9.17, 15) is 13.2 Å². The highest BCUT2D eigenvalue weighted by Gasteiger charge is 2.30. The molecule has 114 valence electrons. The van der Waals surface area contributed by atoms with Crippen LogP contribution in [0.4, 0.5) is 13.2 Å². The molecule has 0 aliphatic carbocycles. The largest absolute Gasteiger partial charge is 0.416 e. The topological polar surface area (TPSA) is 0 Å². The average molecular weight is 294 g/mol. The lowest BCUT2D eigenvalue weighted by Crippen LogP contribution is -2.04. The summed E-state index contributed by atoms with van der Waals surface area (Å²) < 4.78 is 36.3. The van der Waals surface area contributed by atoms with Gasteiger partial charge in [-0.05, 0) is 37.0 Å². The predicted octanol–water partition coefficient (Wildman–Crippen LogP) is 5.83. The fraction of sp³-hybridized carbons (Fsp3) is 0.333. The second-order valence-electron chi connectivity index (χ2n) is 4.89. The first kappa shape index (κ1) is 17.3. The molecule has 0 N–H and O–H groups in total. The van der Waals surface area contributed by atoms with Crippen LogP contribution in [0.3, 0.4) is 0 Å². The number of hydrogen-bond acceptors (Lipinski definition) is 0. The number of halogens is 3. The Morgan fingerprint density at radius 1 is 0.810 bits per heavy atom. The summed E-state index contributed by atoms with van der Waals surface area (Å²) in [5.41, 5.74) is 2.90. The van der Waals surface area contributed by atoms with Gasteiger partial charge in [-0.15, -0.1) is 0 Å². The van der Waals surface area contributed by atoms with Crippen molar-refractivity contribution in [2.45, 2.75) is 39.8 Å². The van der Waals surface area contributed by atoms with Gasteiger partial charge in [0.15, 0.2) is 0 Å². The Hall–Kier alpha value is -1.77. The minimum atomic E-state index is -4.22. The Morgan fingerprint density at radius 2 is 1.38 bits per heavy atom. The van der Waals surface area contributed by atoms with E-state index in [1.165, 1.54) is 23.3 Å². The van der Waals surface area contributed by atoms with Crippen LogP contribution in [0.15, 0.2) is 48.5 Å². The molecule has 0 bridgehead atoms. The van der Waals surface area contributed by atoms with Crippen molar-refractivity contribution in [3.05, 3.63) is 70.8 Å². The maximum Gasteiger partial charge on any atom is 0.416 e. The van der Waals surface area contributed by atoms with E-state index in [-0.39, 0.29) is 0 Å². The third-order valence-corrected chi connectivity index (χ3v) is 3.19. The number of aryl methyl sites for hydroxylation is 3. The molecule has 3 heteroatoms. The van der Waals surface area contributed by atoms with E-state index in [0.717, 1.165) is 12.5 Å². The van der Waals surface area contributed by atoms with Crippen molar-refractivity contribution in [2.24, 2.45) is 0 Å². The molecule has 0 aliphatic rings. The lowest BCUT2D eigenvalue weighted by molar-refractivity contribution is -0.137. The maximum atomic E-state index is 12.1. The highest BCUT2D eigenvalue weighted by atomic mass is 19.4. The first-order valence-corrected chi connectivity index (χ1v) is 7.08. The summed E-state index contributed by atoms with van der Waals surface area (Å²) in [6.07, 6.45) is -2.45. The van der Waals surface area contributed by atoms with Gasteiger partial charge in [-0.2, -0.15) is 13.2 Å². The molecule has 0 amide bonds. The molecule has 21 heavy (non-hydrogen) atoms. The predicted molar refractivity (Wildman–Crippen MR) is 81.4 cm³/mol. The minimum absolute atomic E-state index is 0.568. The first-order valence-electron chi connectivity index (χ1n) is 7.08. The van der Waals surface area contributed by atoms with E-state index in [1.807, 2.05) is 6.92 Å². The van der Waals surface area contributed by atoms with Gasteiger partial charge in [0.25, 0.3) is 0 Å². The van der Waals surface area contributed by atoms with E-state index in [1.54, 1.807) is 6.07 Å². The zero-order valence-electron chi connectivity index (χ0n) is 12.7. The molecule has 2 rings (SSSR count). The molecule has 0 saturated heterocycles. The fourth-order valence-corrected chi connectivity index (χ4v) is 1.79. The van der Waals surface area contributed by atoms with E-state index in [0.29, 0.717) is 12.0 Å². The van der Waals surface area contributed by atoms with E-state index in [2.05, 4.69) is 38.1 Å². The second-order valence-corrected chi connectivity index (χ2v) is 4.89. The standard InChI is InChI=1S/C9H9F3.C9H12/c1-2-7-4-3-5-8(6-7)9(10,11)12;1-3-9-6-4-8(2)5-7-9/h3-6H,2H2,1H3;4-7H,3H2,1-2H3. The van der Waals surface area contributed by atoms with Gasteiger partial charge in [0, 0.05) is 0 Å². The van der Waals surface area contributed by atoms with Crippen LogP contribution < -0.4 is 0 Å². The van der Waals surface area contributed by atoms with Crippen LogP contribution in [0, 0.1) is 6.92 Å². The number of hydrogen-bond donors (Lipinski definition) is 0. The van der Waals surface area contributed by atoms with Crippen molar-refractivity contribution in [3.63, 3.8) is 0 Å². The Morgan fingerprint density at radius 3 is 1.86 bits per heavy atom. The molecule has 0 atom stereocenters. The zero-order chi connectivity index (χ0) is 15.9. The third kappa shape index (κ3) is 6.03. The van der Waals surface area contributed by atoms with Crippen LogP contribution in [0.2, 0.25) is 0 Å². The van der Waals surface area contributed by atoms with Crippen molar-refractivity contribution in [2.75, 3.05) is 0 Å². The molecule has 0 heterocycles. The summed E-state index contributed by atoms with van der Waals surface area (Å²) in [6, 6.07) is 14.0. The molecule has 0 aromatic heterocycles. The van der Waals surface area contributed by atoms with Gasteiger partial charge in [-0.25, -0.2) is 0 Å². The fourth-order valence-electron chi connectivity index (χ4n) is 1.79. The average Bonchev–Trinajstić information content (AvgIpc) is 2.48. The second kappa shape index (κ2) is 7.87. The van der Waals surface area contributed by atoms with Crippen molar-refractivity contribution in [3.8, 4) is 0 Å². The Kier molecular flexibility index (Phi) is 6.47. The van der Waals surface area contributed by atoms with Gasteiger partial charge in [-0.3, -0.25) is 0 Å². The minimum Gasteiger partial charge on any atom is -0.166 e. The molecule has 0 unspecified atom stereocenters. The van der Waals surface area contributed by atoms with Crippen molar-refractivity contribution in [1.82, 2.24) is 0 Å². The van der Waals surface area contributed by atoms with Crippen molar-refractivity contribution >= 4 is 0 Å². The summed E-state index contributed by atoms with van der Waals surface area (Å²) in [6.45, 7) is 6.11. The normalized spacial score (nSPS) is 10.8. The van der Waals surface area contributed by atoms with Crippen LogP contribution >= 0.6 is 0 Å². The number of benzene rings is 2. The van der Waals surface area contributed by atoms with Gasteiger partial charge in [0.2, 0.25) is 0 Å². The number of rotatable bonds is 2. The summed E-state index contributed by atoms with van der Waals surface area (Å²) >= 11 is 0. The molecular formula is C18H21F3. The molecule has 0 fully saturated rings. The highest BCUT2D eigenvalue weighted by molar-refractivity contribution is 5.25. The molecular weight excluding hydrogens is 273 g/mol. The molecule has 0 radical (unpaired) electrons. The first-order chi connectivity index (χ1) is 9.86. The summed E-state index contributed by atoms with van der Waals surface area (Å²) in [5.74, 6) is 0. The molecule has 0 spiro atoms. The molecule has 2 aromatic rings. The Balaban J connectivity index is 0.000000219. The zero-order valence-corrected chi connectivity index (χ0v) is 12.7. The van der Waals surface area contributed by atoms with Crippen molar-refractivity contribution in [1.29, 1.82) is 0 Å². The Labute approximate surface area is 124 Å². The molecule has 0 saturated carbocycles. The van der Waals surface area contributed by atoms with Gasteiger partial charge >= 0.3 is 6.18 Å². The lowest BCUT2D eigenvalue weighted by atomic mass is 10.1. The summed E-state index contributed by atoms with van der Waals surface area (Å²) in [5, 5.41) is 0. The van der Waals surface area contributed by atoms with Crippen molar-refractivity contribution < 1.29 is 13.2 Å². The molecule has 0 aliphatic heterocycles. The van der Waals surface area contributed by atoms with E-state index < -0.39 is 11.7 Å². The van der Waals surface area contributed by atoms with Gasteiger partial charge < -0.3 is 0 Å².